The van der Waals surface area contributed by atoms with Gasteiger partial charge < -0.3 is 9.64 Å². The third-order valence-electron chi connectivity index (χ3n) is 3.05. The van der Waals surface area contributed by atoms with Crippen LogP contribution >= 0.6 is 0 Å². The molecule has 0 aliphatic carbocycles. The molecule has 0 bridgehead atoms. The minimum Gasteiger partial charge on any atom is -0.378 e. The van der Waals surface area contributed by atoms with Gasteiger partial charge in [-0.2, -0.15) is 10.2 Å². The zero-order valence-electron chi connectivity index (χ0n) is 10.3. The van der Waals surface area contributed by atoms with Gasteiger partial charge in [0.15, 0.2) is 5.82 Å². The molecule has 1 N–H and O–H groups in total. The second-order valence-corrected chi connectivity index (χ2v) is 4.27. The summed E-state index contributed by atoms with van der Waals surface area (Å²) >= 11 is 0. The Balaban J connectivity index is 1.81. The molecule has 96 valence electrons. The van der Waals surface area contributed by atoms with E-state index in [2.05, 4.69) is 26.2 Å². The Labute approximate surface area is 110 Å². The molecule has 0 amide bonds. The van der Waals surface area contributed by atoms with Crippen molar-refractivity contribution >= 4 is 5.95 Å². The molecular weight excluding hydrogens is 242 g/mol. The first-order valence-electron chi connectivity index (χ1n) is 6.12. The fourth-order valence-electron chi connectivity index (χ4n) is 1.99. The van der Waals surface area contributed by atoms with E-state index in [0.717, 1.165) is 18.7 Å². The van der Waals surface area contributed by atoms with Crippen molar-refractivity contribution in [1.29, 1.82) is 5.26 Å². The summed E-state index contributed by atoms with van der Waals surface area (Å²) in [5.41, 5.74) is 1.56. The largest absolute Gasteiger partial charge is 0.378 e. The lowest BCUT2D eigenvalue weighted by Gasteiger charge is -2.25. The van der Waals surface area contributed by atoms with Crippen LogP contribution in [-0.4, -0.2) is 41.5 Å². The van der Waals surface area contributed by atoms with Gasteiger partial charge >= 0.3 is 0 Å². The Kier molecular flexibility index (Phi) is 3.12. The summed E-state index contributed by atoms with van der Waals surface area (Å²) in [7, 11) is 0. The first-order chi connectivity index (χ1) is 9.36. The van der Waals surface area contributed by atoms with Crippen molar-refractivity contribution in [2.75, 3.05) is 31.2 Å². The summed E-state index contributed by atoms with van der Waals surface area (Å²) in [6, 6.07) is 9.36. The van der Waals surface area contributed by atoms with Crippen LogP contribution in [0, 0.1) is 11.3 Å². The zero-order valence-corrected chi connectivity index (χ0v) is 10.3. The number of rotatable bonds is 2. The van der Waals surface area contributed by atoms with Gasteiger partial charge in [-0.05, 0) is 24.3 Å². The van der Waals surface area contributed by atoms with Gasteiger partial charge in [0.05, 0.1) is 24.8 Å². The quantitative estimate of drug-likeness (QED) is 0.871. The standard InChI is InChI=1S/C13H13N5O/c14-9-10-1-3-11(4-2-10)12-15-13(17-16-12)18-5-7-19-8-6-18/h1-4H,5-8H2,(H,15,16,17). The van der Waals surface area contributed by atoms with E-state index >= 15 is 0 Å². The molecule has 6 nitrogen and oxygen atoms in total. The van der Waals surface area contributed by atoms with Crippen molar-refractivity contribution in [1.82, 2.24) is 15.2 Å². The lowest BCUT2D eigenvalue weighted by molar-refractivity contribution is 0.122. The van der Waals surface area contributed by atoms with Gasteiger partial charge in [-0.1, -0.05) is 0 Å². The summed E-state index contributed by atoms with van der Waals surface area (Å²) in [6.45, 7) is 3.04. The normalized spacial score (nSPS) is 15.2. The van der Waals surface area contributed by atoms with Crippen LogP contribution < -0.4 is 4.90 Å². The van der Waals surface area contributed by atoms with Gasteiger partial charge in [0.2, 0.25) is 5.95 Å². The van der Waals surface area contributed by atoms with Gasteiger partial charge in [0, 0.05) is 18.7 Å². The van der Waals surface area contributed by atoms with Crippen molar-refractivity contribution in [3.05, 3.63) is 29.8 Å². The van der Waals surface area contributed by atoms with E-state index in [0.29, 0.717) is 30.5 Å². The maximum absolute atomic E-state index is 8.77. The fourth-order valence-corrected chi connectivity index (χ4v) is 1.99. The number of nitriles is 1. The molecular formula is C13H13N5O. The van der Waals surface area contributed by atoms with Gasteiger partial charge in [-0.25, -0.2) is 0 Å². The van der Waals surface area contributed by atoms with Crippen LogP contribution in [0.2, 0.25) is 0 Å². The Morgan fingerprint density at radius 3 is 2.63 bits per heavy atom. The summed E-state index contributed by atoms with van der Waals surface area (Å²) < 4.78 is 5.30. The number of anilines is 1. The molecule has 0 saturated carbocycles. The number of benzene rings is 1. The van der Waals surface area contributed by atoms with E-state index in [1.165, 1.54) is 0 Å². The number of aromatic amines is 1. The molecule has 0 atom stereocenters. The molecule has 0 unspecified atom stereocenters. The van der Waals surface area contributed by atoms with Crippen molar-refractivity contribution in [3.8, 4) is 17.5 Å². The maximum Gasteiger partial charge on any atom is 0.245 e. The van der Waals surface area contributed by atoms with Gasteiger partial charge in [0.25, 0.3) is 0 Å². The summed E-state index contributed by atoms with van der Waals surface area (Å²) in [5, 5.41) is 15.9. The molecule has 1 saturated heterocycles. The minimum atomic E-state index is 0.636. The first kappa shape index (κ1) is 11.7. The van der Waals surface area contributed by atoms with E-state index in [9.17, 15) is 0 Å². The number of aromatic nitrogens is 3. The molecule has 1 aliphatic heterocycles. The predicted molar refractivity (Wildman–Crippen MR) is 69.6 cm³/mol. The second kappa shape index (κ2) is 5.08. The lowest BCUT2D eigenvalue weighted by atomic mass is 10.1. The topological polar surface area (TPSA) is 77.8 Å². The molecule has 1 aliphatic rings. The molecule has 0 spiro atoms. The summed E-state index contributed by atoms with van der Waals surface area (Å²) in [6.07, 6.45) is 0. The molecule has 1 fully saturated rings. The van der Waals surface area contributed by atoms with Crippen molar-refractivity contribution in [3.63, 3.8) is 0 Å². The average Bonchev–Trinajstić information content (AvgIpc) is 2.98. The number of nitrogens with one attached hydrogen (secondary N) is 1. The highest BCUT2D eigenvalue weighted by Crippen LogP contribution is 2.18. The van der Waals surface area contributed by atoms with E-state index < -0.39 is 0 Å². The average molecular weight is 255 g/mol. The summed E-state index contributed by atoms with van der Waals surface area (Å²) in [4.78, 5) is 6.57. The zero-order chi connectivity index (χ0) is 13.1. The number of hydrogen-bond acceptors (Lipinski definition) is 5. The van der Waals surface area contributed by atoms with E-state index in [1.807, 2.05) is 12.1 Å². The van der Waals surface area contributed by atoms with Crippen LogP contribution in [0.4, 0.5) is 5.95 Å². The number of morpholine rings is 1. The molecule has 3 rings (SSSR count). The van der Waals surface area contributed by atoms with Crippen molar-refractivity contribution in [2.45, 2.75) is 0 Å². The Morgan fingerprint density at radius 2 is 1.95 bits per heavy atom. The van der Waals surface area contributed by atoms with E-state index in [4.69, 9.17) is 10.00 Å². The van der Waals surface area contributed by atoms with Crippen molar-refractivity contribution in [2.24, 2.45) is 0 Å². The monoisotopic (exact) mass is 255 g/mol. The Hall–Kier alpha value is -2.39. The fraction of sp³-hybridized carbons (Fsp3) is 0.308. The van der Waals surface area contributed by atoms with Crippen LogP contribution in [0.25, 0.3) is 11.4 Å². The highest BCUT2D eigenvalue weighted by Gasteiger charge is 2.15. The van der Waals surface area contributed by atoms with E-state index in [1.54, 1.807) is 12.1 Å². The molecule has 1 aromatic carbocycles. The number of hydrogen-bond donors (Lipinski definition) is 1. The lowest BCUT2D eigenvalue weighted by Crippen LogP contribution is -2.36. The predicted octanol–water partition coefficient (Wildman–Crippen LogP) is 1.18. The first-order valence-corrected chi connectivity index (χ1v) is 6.12. The van der Waals surface area contributed by atoms with Gasteiger partial charge in [-0.3, -0.25) is 5.10 Å². The third kappa shape index (κ3) is 2.41. The molecule has 6 heteroatoms. The summed E-state index contributed by atoms with van der Waals surface area (Å²) in [5.74, 6) is 1.41. The smallest absolute Gasteiger partial charge is 0.245 e. The van der Waals surface area contributed by atoms with E-state index in [-0.39, 0.29) is 0 Å². The highest BCUT2D eigenvalue weighted by atomic mass is 16.5. The number of H-pyrrole nitrogens is 1. The second-order valence-electron chi connectivity index (χ2n) is 4.27. The van der Waals surface area contributed by atoms with Crippen LogP contribution in [0.3, 0.4) is 0 Å². The van der Waals surface area contributed by atoms with Gasteiger partial charge in [-0.15, -0.1) is 5.10 Å². The molecule has 0 radical (unpaired) electrons. The molecule has 2 aromatic rings. The van der Waals surface area contributed by atoms with Crippen LogP contribution in [0.5, 0.6) is 0 Å². The molecule has 19 heavy (non-hydrogen) atoms. The van der Waals surface area contributed by atoms with Crippen LogP contribution in [-0.2, 0) is 4.74 Å². The maximum atomic E-state index is 8.77. The highest BCUT2D eigenvalue weighted by molar-refractivity contribution is 5.57. The third-order valence-corrected chi connectivity index (χ3v) is 3.05. The Morgan fingerprint density at radius 1 is 1.21 bits per heavy atom. The van der Waals surface area contributed by atoms with Crippen molar-refractivity contribution < 1.29 is 4.74 Å². The SMILES string of the molecule is N#Cc1ccc(-c2nc(N3CCOCC3)n[nH]2)cc1. The number of nitrogens with zero attached hydrogens (tertiary/aromatic N) is 4. The van der Waals surface area contributed by atoms with Crippen LogP contribution in [0.1, 0.15) is 5.56 Å². The van der Waals surface area contributed by atoms with Gasteiger partial charge in [0.1, 0.15) is 0 Å². The Bertz CT molecular complexity index is 592. The molecule has 1 aromatic heterocycles. The van der Waals surface area contributed by atoms with Crippen LogP contribution in [0.15, 0.2) is 24.3 Å². The molecule has 2 heterocycles. The number of ether oxygens (including phenoxy) is 1. The minimum absolute atomic E-state index is 0.636.